The van der Waals surface area contributed by atoms with E-state index in [1.807, 2.05) is 0 Å². The third kappa shape index (κ3) is 4.40. The van der Waals surface area contributed by atoms with E-state index in [1.165, 1.54) is 25.1 Å². The van der Waals surface area contributed by atoms with Gasteiger partial charge in [-0.2, -0.15) is 0 Å². The first-order chi connectivity index (χ1) is 12.6. The van der Waals surface area contributed by atoms with Crippen LogP contribution in [-0.2, 0) is 14.8 Å². The van der Waals surface area contributed by atoms with E-state index in [1.54, 1.807) is 18.2 Å². The molecule has 144 valence electrons. The third-order valence-corrected chi connectivity index (χ3v) is 5.51. The van der Waals surface area contributed by atoms with Gasteiger partial charge >= 0.3 is 0 Å². The Labute approximate surface area is 166 Å². The summed E-state index contributed by atoms with van der Waals surface area (Å²) < 4.78 is 36.1. The van der Waals surface area contributed by atoms with Crippen LogP contribution in [0.5, 0.6) is 11.5 Å². The number of ether oxygens (including phenoxy) is 2. The molecule has 0 aliphatic carbocycles. The van der Waals surface area contributed by atoms with E-state index in [4.69, 9.17) is 32.7 Å². The first-order valence-corrected chi connectivity index (χ1v) is 10.4. The normalized spacial score (nSPS) is 13.9. The van der Waals surface area contributed by atoms with Gasteiger partial charge in [0, 0.05) is 21.8 Å². The monoisotopic (exact) mass is 430 g/mol. The van der Waals surface area contributed by atoms with Crippen LogP contribution in [0.25, 0.3) is 0 Å². The van der Waals surface area contributed by atoms with Gasteiger partial charge in [0.05, 0.1) is 11.9 Å². The van der Waals surface area contributed by atoms with E-state index in [9.17, 15) is 13.2 Å². The van der Waals surface area contributed by atoms with E-state index < -0.39 is 22.0 Å². The highest BCUT2D eigenvalue weighted by Crippen LogP contribution is 2.34. The smallest absolute Gasteiger partial charge is 0.247 e. The predicted octanol–water partition coefficient (Wildman–Crippen LogP) is 3.52. The molecule has 0 spiro atoms. The van der Waals surface area contributed by atoms with Gasteiger partial charge in [0.1, 0.15) is 6.04 Å². The van der Waals surface area contributed by atoms with E-state index in [2.05, 4.69) is 5.32 Å². The molecule has 2 aromatic rings. The fourth-order valence-electron chi connectivity index (χ4n) is 2.70. The maximum atomic E-state index is 12.7. The van der Waals surface area contributed by atoms with Crippen molar-refractivity contribution in [3.63, 3.8) is 0 Å². The Kier molecular flexibility index (Phi) is 5.41. The Morgan fingerprint density at radius 3 is 2.37 bits per heavy atom. The van der Waals surface area contributed by atoms with Crippen LogP contribution in [0, 0.1) is 0 Å². The van der Waals surface area contributed by atoms with Gasteiger partial charge in [-0.25, -0.2) is 8.42 Å². The molecule has 0 bridgehead atoms. The molecule has 1 aliphatic heterocycles. The highest BCUT2D eigenvalue weighted by molar-refractivity contribution is 7.92. The summed E-state index contributed by atoms with van der Waals surface area (Å²) in [4.78, 5) is 12.7. The van der Waals surface area contributed by atoms with Crippen molar-refractivity contribution in [1.82, 2.24) is 0 Å². The molecule has 2 aromatic carbocycles. The second-order valence-corrected chi connectivity index (χ2v) is 8.65. The minimum atomic E-state index is -3.79. The van der Waals surface area contributed by atoms with Gasteiger partial charge in [-0.15, -0.1) is 0 Å². The van der Waals surface area contributed by atoms with Gasteiger partial charge in [0.15, 0.2) is 11.5 Å². The minimum absolute atomic E-state index is 0.112. The number of halogens is 2. The molecule has 27 heavy (non-hydrogen) atoms. The average molecular weight is 431 g/mol. The van der Waals surface area contributed by atoms with Crippen molar-refractivity contribution in [2.75, 3.05) is 22.7 Å². The summed E-state index contributed by atoms with van der Waals surface area (Å²) >= 11 is 12.0. The fraction of sp³-hybridized carbons (Fsp3) is 0.235. The molecule has 7 nitrogen and oxygen atoms in total. The number of carbonyl (C=O) groups excluding carboxylic acids is 1. The van der Waals surface area contributed by atoms with Crippen LogP contribution in [0.15, 0.2) is 36.4 Å². The second-order valence-electron chi connectivity index (χ2n) is 5.92. The number of sulfonamides is 1. The maximum Gasteiger partial charge on any atom is 0.247 e. The van der Waals surface area contributed by atoms with Gasteiger partial charge in [-0.3, -0.25) is 9.10 Å². The molecule has 1 aliphatic rings. The van der Waals surface area contributed by atoms with Crippen molar-refractivity contribution in [3.05, 3.63) is 46.4 Å². The minimum Gasteiger partial charge on any atom is -0.454 e. The summed E-state index contributed by atoms with van der Waals surface area (Å²) in [6.45, 7) is 1.58. The van der Waals surface area contributed by atoms with Crippen LogP contribution < -0.4 is 19.1 Å². The van der Waals surface area contributed by atoms with Crippen LogP contribution in [0.2, 0.25) is 10.0 Å². The molecular weight excluding hydrogens is 415 g/mol. The van der Waals surface area contributed by atoms with Crippen LogP contribution in [-0.4, -0.2) is 33.4 Å². The molecule has 0 unspecified atom stereocenters. The number of amides is 1. The largest absolute Gasteiger partial charge is 0.454 e. The number of nitrogens with zero attached hydrogens (tertiary/aromatic N) is 1. The lowest BCUT2D eigenvalue weighted by Gasteiger charge is -2.28. The Balaban J connectivity index is 1.87. The molecule has 0 saturated carbocycles. The molecule has 1 atom stereocenters. The van der Waals surface area contributed by atoms with Gasteiger partial charge in [-0.05, 0) is 37.3 Å². The summed E-state index contributed by atoms with van der Waals surface area (Å²) in [7, 11) is -3.79. The standard InChI is InChI=1S/C17H16Cl2N2O5S/c1-10(17(22)20-13-3-4-15-16(8-13)26-9-25-15)21(27(2,23)24)14-6-11(18)5-12(19)7-14/h3-8,10H,9H2,1-2H3,(H,20,22)/t10-/m0/s1. The van der Waals surface area contributed by atoms with Gasteiger partial charge < -0.3 is 14.8 Å². The van der Waals surface area contributed by atoms with Gasteiger partial charge in [0.2, 0.25) is 22.7 Å². The summed E-state index contributed by atoms with van der Waals surface area (Å²) in [6.07, 6.45) is 1.01. The summed E-state index contributed by atoms with van der Waals surface area (Å²) in [5, 5.41) is 3.19. The number of hydrogen-bond donors (Lipinski definition) is 1. The zero-order valence-electron chi connectivity index (χ0n) is 14.4. The number of anilines is 2. The van der Waals surface area contributed by atoms with Crippen molar-refractivity contribution < 1.29 is 22.7 Å². The van der Waals surface area contributed by atoms with Gasteiger partial charge in [0.25, 0.3) is 0 Å². The number of nitrogens with one attached hydrogen (secondary N) is 1. The second kappa shape index (κ2) is 7.46. The van der Waals surface area contributed by atoms with Crippen LogP contribution in [0.4, 0.5) is 11.4 Å². The SMILES string of the molecule is C[C@@H](C(=O)Nc1ccc2c(c1)OCO2)N(c1cc(Cl)cc(Cl)c1)S(C)(=O)=O. The zero-order valence-corrected chi connectivity index (χ0v) is 16.7. The zero-order chi connectivity index (χ0) is 19.8. The lowest BCUT2D eigenvalue weighted by Crippen LogP contribution is -2.45. The van der Waals surface area contributed by atoms with Crippen molar-refractivity contribution in [1.29, 1.82) is 0 Å². The van der Waals surface area contributed by atoms with E-state index in [0.717, 1.165) is 10.6 Å². The van der Waals surface area contributed by atoms with E-state index in [-0.39, 0.29) is 22.5 Å². The highest BCUT2D eigenvalue weighted by atomic mass is 35.5. The van der Waals surface area contributed by atoms with Gasteiger partial charge in [-0.1, -0.05) is 23.2 Å². The number of carbonyl (C=O) groups is 1. The number of rotatable bonds is 5. The summed E-state index contributed by atoms with van der Waals surface area (Å²) in [6, 6.07) is 8.18. The molecule has 0 fully saturated rings. The molecular formula is C17H16Cl2N2O5S. The Morgan fingerprint density at radius 1 is 1.11 bits per heavy atom. The Morgan fingerprint density at radius 2 is 1.74 bits per heavy atom. The lowest BCUT2D eigenvalue weighted by molar-refractivity contribution is -0.116. The van der Waals surface area contributed by atoms with E-state index in [0.29, 0.717) is 17.2 Å². The number of benzene rings is 2. The maximum absolute atomic E-state index is 12.7. The first kappa shape index (κ1) is 19.6. The number of hydrogen-bond acceptors (Lipinski definition) is 5. The average Bonchev–Trinajstić information content (AvgIpc) is 3.00. The van der Waals surface area contributed by atoms with Crippen LogP contribution >= 0.6 is 23.2 Å². The number of fused-ring (bicyclic) bond motifs is 1. The van der Waals surface area contributed by atoms with E-state index >= 15 is 0 Å². The van der Waals surface area contributed by atoms with Crippen molar-refractivity contribution in [3.8, 4) is 11.5 Å². The Bertz CT molecular complexity index is 977. The molecule has 1 N–H and O–H groups in total. The molecule has 1 amide bonds. The predicted molar refractivity (Wildman–Crippen MR) is 104 cm³/mol. The summed E-state index contributed by atoms with van der Waals surface area (Å²) in [5.41, 5.74) is 0.650. The highest BCUT2D eigenvalue weighted by Gasteiger charge is 2.30. The fourth-order valence-corrected chi connectivity index (χ4v) is 4.37. The summed E-state index contributed by atoms with van der Waals surface area (Å²) in [5.74, 6) is 0.546. The third-order valence-electron chi connectivity index (χ3n) is 3.83. The molecule has 0 radical (unpaired) electrons. The molecule has 0 saturated heterocycles. The van der Waals surface area contributed by atoms with Crippen molar-refractivity contribution >= 4 is 50.5 Å². The Hall–Kier alpha value is -2.16. The van der Waals surface area contributed by atoms with Crippen LogP contribution in [0.3, 0.4) is 0 Å². The molecule has 1 heterocycles. The molecule has 3 rings (SSSR count). The van der Waals surface area contributed by atoms with Crippen molar-refractivity contribution in [2.45, 2.75) is 13.0 Å². The lowest BCUT2D eigenvalue weighted by atomic mass is 10.2. The van der Waals surface area contributed by atoms with Crippen LogP contribution in [0.1, 0.15) is 6.92 Å². The van der Waals surface area contributed by atoms with Crippen molar-refractivity contribution in [2.24, 2.45) is 0 Å². The first-order valence-electron chi connectivity index (χ1n) is 7.81. The molecule has 0 aromatic heterocycles. The topological polar surface area (TPSA) is 84.9 Å². The molecule has 10 heteroatoms. The quantitative estimate of drug-likeness (QED) is 0.783.